The average Bonchev–Trinajstić information content (AvgIpc) is 2.84. The van der Waals surface area contributed by atoms with Gasteiger partial charge in [0.05, 0.1) is 5.92 Å². The first kappa shape index (κ1) is 26.0. The second kappa shape index (κ2) is 14.6. The summed E-state index contributed by atoms with van der Waals surface area (Å²) in [6.07, 6.45) is 25.2. The highest BCUT2D eigenvalue weighted by molar-refractivity contribution is 5.75. The normalized spacial score (nSPS) is 25.9. The standard InChI is InChI=1S/C31H48O2/c1-3-5-6-10-26-13-15-27(16-14-26)11-7-8-12-28-19-23-30(24-20-28)33-31(32)29-21-17-25(9-4-2)18-22-29/h7,11,19-20,23-27,29H,3-6,8-10,12-18,21-22H2,1-2H3/b11-7+. The predicted molar refractivity (Wildman–Crippen MR) is 139 cm³/mol. The Morgan fingerprint density at radius 1 is 0.848 bits per heavy atom. The molecule has 1 aromatic carbocycles. The fourth-order valence-corrected chi connectivity index (χ4v) is 5.91. The van der Waals surface area contributed by atoms with Gasteiger partial charge in [-0.3, -0.25) is 4.79 Å². The van der Waals surface area contributed by atoms with Crippen LogP contribution in [0.1, 0.15) is 116 Å². The van der Waals surface area contributed by atoms with Crippen LogP contribution in [0.4, 0.5) is 0 Å². The van der Waals surface area contributed by atoms with Crippen LogP contribution in [0.25, 0.3) is 0 Å². The third-order valence-electron chi connectivity index (χ3n) is 8.13. The Kier molecular flexibility index (Phi) is 11.6. The van der Waals surface area contributed by atoms with Crippen LogP contribution in [0.3, 0.4) is 0 Å². The van der Waals surface area contributed by atoms with Crippen molar-refractivity contribution in [3.8, 4) is 5.75 Å². The minimum atomic E-state index is -0.0271. The van der Waals surface area contributed by atoms with E-state index in [0.29, 0.717) is 5.75 Å². The lowest BCUT2D eigenvalue weighted by Gasteiger charge is -2.26. The maximum Gasteiger partial charge on any atom is 0.314 e. The molecule has 2 heteroatoms. The highest BCUT2D eigenvalue weighted by atomic mass is 16.5. The molecule has 33 heavy (non-hydrogen) atoms. The maximum absolute atomic E-state index is 12.5. The van der Waals surface area contributed by atoms with Crippen molar-refractivity contribution in [2.45, 2.75) is 117 Å². The second-order valence-corrected chi connectivity index (χ2v) is 10.8. The first-order chi connectivity index (χ1) is 16.2. The summed E-state index contributed by atoms with van der Waals surface area (Å²) in [5, 5.41) is 0. The summed E-state index contributed by atoms with van der Waals surface area (Å²) in [6, 6.07) is 8.19. The van der Waals surface area contributed by atoms with Crippen LogP contribution in [0.5, 0.6) is 5.75 Å². The first-order valence-corrected chi connectivity index (χ1v) is 14.1. The lowest BCUT2D eigenvalue weighted by atomic mass is 9.79. The molecule has 0 radical (unpaired) electrons. The van der Waals surface area contributed by atoms with Gasteiger partial charge in [0.1, 0.15) is 5.75 Å². The Labute approximate surface area is 203 Å². The predicted octanol–water partition coefficient (Wildman–Crippen LogP) is 9.07. The summed E-state index contributed by atoms with van der Waals surface area (Å²) < 4.78 is 5.70. The van der Waals surface area contributed by atoms with Crippen LogP contribution >= 0.6 is 0 Å². The SMILES string of the molecule is CCCCCC1CCC(/C=C/CCc2ccc(OC(=O)C3CCC(CCC)CC3)cc2)CC1. The van der Waals surface area contributed by atoms with Crippen LogP contribution < -0.4 is 4.74 Å². The van der Waals surface area contributed by atoms with Gasteiger partial charge in [0, 0.05) is 0 Å². The van der Waals surface area contributed by atoms with Crippen molar-refractivity contribution in [3.05, 3.63) is 42.0 Å². The molecule has 184 valence electrons. The second-order valence-electron chi connectivity index (χ2n) is 10.8. The highest BCUT2D eigenvalue weighted by Crippen LogP contribution is 2.33. The van der Waals surface area contributed by atoms with E-state index in [1.807, 2.05) is 12.1 Å². The summed E-state index contributed by atoms with van der Waals surface area (Å²) in [5.74, 6) is 3.37. The smallest absolute Gasteiger partial charge is 0.314 e. The Hall–Kier alpha value is -1.57. The van der Waals surface area contributed by atoms with E-state index in [-0.39, 0.29) is 11.9 Å². The van der Waals surface area contributed by atoms with Crippen LogP contribution in [0, 0.1) is 23.7 Å². The molecule has 2 aliphatic rings. The summed E-state index contributed by atoms with van der Waals surface area (Å²) in [7, 11) is 0. The van der Waals surface area contributed by atoms with Gasteiger partial charge >= 0.3 is 5.97 Å². The molecule has 0 unspecified atom stereocenters. The molecule has 0 bridgehead atoms. The Balaban J connectivity index is 1.31. The van der Waals surface area contributed by atoms with Crippen molar-refractivity contribution in [1.82, 2.24) is 0 Å². The summed E-state index contributed by atoms with van der Waals surface area (Å²) >= 11 is 0. The van der Waals surface area contributed by atoms with E-state index in [2.05, 4.69) is 38.1 Å². The minimum Gasteiger partial charge on any atom is -0.426 e. The van der Waals surface area contributed by atoms with Crippen molar-refractivity contribution in [2.24, 2.45) is 23.7 Å². The Bertz CT molecular complexity index is 688. The fraction of sp³-hybridized carbons (Fsp3) is 0.710. The zero-order valence-electron chi connectivity index (χ0n) is 21.4. The molecule has 0 spiro atoms. The summed E-state index contributed by atoms with van der Waals surface area (Å²) in [5.41, 5.74) is 1.32. The molecule has 0 amide bonds. The number of carbonyl (C=O) groups is 1. The molecule has 1 aromatic rings. The zero-order valence-corrected chi connectivity index (χ0v) is 21.4. The van der Waals surface area contributed by atoms with Crippen LogP contribution in [-0.2, 0) is 11.2 Å². The molecule has 0 aromatic heterocycles. The van der Waals surface area contributed by atoms with E-state index in [0.717, 1.165) is 43.4 Å². The van der Waals surface area contributed by atoms with E-state index < -0.39 is 0 Å². The minimum absolute atomic E-state index is 0.0271. The average molecular weight is 453 g/mol. The molecular formula is C31H48O2. The number of rotatable bonds is 12. The van der Waals surface area contributed by atoms with Gasteiger partial charge in [-0.05, 0) is 99.7 Å². The first-order valence-electron chi connectivity index (χ1n) is 14.1. The Morgan fingerprint density at radius 2 is 1.52 bits per heavy atom. The third kappa shape index (κ3) is 9.30. The summed E-state index contributed by atoms with van der Waals surface area (Å²) in [6.45, 7) is 4.55. The Morgan fingerprint density at radius 3 is 2.18 bits per heavy atom. The molecule has 0 atom stereocenters. The lowest BCUT2D eigenvalue weighted by Crippen LogP contribution is -2.25. The molecule has 2 aliphatic carbocycles. The van der Waals surface area contributed by atoms with Gasteiger partial charge in [0.2, 0.25) is 0 Å². The van der Waals surface area contributed by atoms with Gasteiger partial charge in [0.15, 0.2) is 0 Å². The number of benzene rings is 1. The van der Waals surface area contributed by atoms with Crippen molar-refractivity contribution in [3.63, 3.8) is 0 Å². The van der Waals surface area contributed by atoms with Gasteiger partial charge in [-0.15, -0.1) is 0 Å². The molecule has 3 rings (SSSR count). The number of aryl methyl sites for hydroxylation is 1. The summed E-state index contributed by atoms with van der Waals surface area (Å²) in [4.78, 5) is 12.5. The van der Waals surface area contributed by atoms with E-state index in [1.54, 1.807) is 0 Å². The van der Waals surface area contributed by atoms with Gasteiger partial charge in [-0.25, -0.2) is 0 Å². The molecule has 2 nitrogen and oxygen atoms in total. The third-order valence-corrected chi connectivity index (χ3v) is 8.13. The maximum atomic E-state index is 12.5. The van der Waals surface area contributed by atoms with Gasteiger partial charge < -0.3 is 4.74 Å². The van der Waals surface area contributed by atoms with Crippen LogP contribution in [0.2, 0.25) is 0 Å². The van der Waals surface area contributed by atoms with Crippen molar-refractivity contribution in [1.29, 1.82) is 0 Å². The number of hydrogen-bond acceptors (Lipinski definition) is 2. The van der Waals surface area contributed by atoms with E-state index in [1.165, 1.54) is 82.6 Å². The van der Waals surface area contributed by atoms with Gasteiger partial charge in [0.25, 0.3) is 0 Å². The van der Waals surface area contributed by atoms with Crippen LogP contribution in [0.15, 0.2) is 36.4 Å². The van der Waals surface area contributed by atoms with Crippen molar-refractivity contribution >= 4 is 5.97 Å². The lowest BCUT2D eigenvalue weighted by molar-refractivity contribution is -0.140. The van der Waals surface area contributed by atoms with Crippen molar-refractivity contribution in [2.75, 3.05) is 0 Å². The molecule has 0 heterocycles. The van der Waals surface area contributed by atoms with Crippen LogP contribution in [-0.4, -0.2) is 5.97 Å². The number of hydrogen-bond donors (Lipinski definition) is 0. The van der Waals surface area contributed by atoms with Gasteiger partial charge in [-0.2, -0.15) is 0 Å². The van der Waals surface area contributed by atoms with Gasteiger partial charge in [-0.1, -0.05) is 76.7 Å². The monoisotopic (exact) mass is 452 g/mol. The number of esters is 1. The molecule has 2 saturated carbocycles. The molecule has 0 saturated heterocycles. The number of ether oxygens (including phenoxy) is 1. The number of unbranched alkanes of at least 4 members (excludes halogenated alkanes) is 2. The largest absolute Gasteiger partial charge is 0.426 e. The fourth-order valence-electron chi connectivity index (χ4n) is 5.91. The molecule has 0 N–H and O–H groups in total. The topological polar surface area (TPSA) is 26.3 Å². The number of allylic oxidation sites excluding steroid dienone is 2. The van der Waals surface area contributed by atoms with E-state index in [4.69, 9.17) is 4.74 Å². The highest BCUT2D eigenvalue weighted by Gasteiger charge is 2.27. The van der Waals surface area contributed by atoms with E-state index >= 15 is 0 Å². The van der Waals surface area contributed by atoms with E-state index in [9.17, 15) is 4.79 Å². The molecule has 0 aliphatic heterocycles. The molecule has 2 fully saturated rings. The quantitative estimate of drug-likeness (QED) is 0.137. The molecular weight excluding hydrogens is 404 g/mol. The number of carbonyl (C=O) groups excluding carboxylic acids is 1. The zero-order chi connectivity index (χ0) is 23.3. The van der Waals surface area contributed by atoms with Crippen molar-refractivity contribution < 1.29 is 9.53 Å².